The van der Waals surface area contributed by atoms with Gasteiger partial charge in [0.05, 0.1) is 38.5 Å². The van der Waals surface area contributed by atoms with E-state index in [1.165, 1.54) is 24.0 Å². The van der Waals surface area contributed by atoms with Crippen LogP contribution in [-0.4, -0.2) is 116 Å². The molecule has 1 aromatic carbocycles. The molecule has 2 atom stereocenters. The van der Waals surface area contributed by atoms with E-state index < -0.39 is 6.03 Å². The number of unbranched alkanes of at least 4 members (excludes halogenated alkanes) is 2. The maximum atomic E-state index is 13.8. The number of piperidine rings is 1. The lowest BCUT2D eigenvalue weighted by molar-refractivity contribution is -0.137. The summed E-state index contributed by atoms with van der Waals surface area (Å²) in [4.78, 5) is 58.7. The fraction of sp³-hybridized carbons (Fsp3) is 0.606. The van der Waals surface area contributed by atoms with Gasteiger partial charge >= 0.3 is 6.03 Å². The van der Waals surface area contributed by atoms with Gasteiger partial charge < -0.3 is 29.5 Å². The highest BCUT2D eigenvalue weighted by Gasteiger charge is 2.42. The van der Waals surface area contributed by atoms with Crippen LogP contribution in [0.5, 0.6) is 11.5 Å². The molecule has 1 N–H and O–H groups in total. The maximum Gasteiger partial charge on any atom is 0.330 e. The number of nitrogens with zero attached hydrogens (tertiary/aromatic N) is 7. The van der Waals surface area contributed by atoms with Crippen LogP contribution in [0, 0.1) is 5.92 Å². The van der Waals surface area contributed by atoms with Gasteiger partial charge in [0.1, 0.15) is 27.4 Å². The SMILES string of the molecule is CCCCCN(C(C)=O)C1CN(C(=O)C2CCN(C)CC2)CC1Nc1ncc2c(n1)N(C)C(=O)N(c1c(Cl)c(OC)cc(OC)c1Cl)C2. The normalized spacial score (nSPS) is 20.2. The molecule has 2 aromatic rings. The van der Waals surface area contributed by atoms with Crippen molar-refractivity contribution in [3.05, 3.63) is 27.9 Å². The highest BCUT2D eigenvalue weighted by molar-refractivity contribution is 6.42. The van der Waals surface area contributed by atoms with Gasteiger partial charge in [-0.2, -0.15) is 4.98 Å². The Kier molecular flexibility index (Phi) is 11.4. The van der Waals surface area contributed by atoms with Crippen molar-refractivity contribution in [3.8, 4) is 11.5 Å². The molecule has 1 aromatic heterocycles. The third-order valence-electron chi connectivity index (χ3n) is 9.62. The lowest BCUT2D eigenvalue weighted by Crippen LogP contribution is -2.49. The second-order valence-corrected chi connectivity index (χ2v) is 13.5. The monoisotopic (exact) mass is 704 g/mol. The molecule has 2 fully saturated rings. The number of anilines is 3. The summed E-state index contributed by atoms with van der Waals surface area (Å²) in [6.45, 7) is 7.08. The fourth-order valence-electron chi connectivity index (χ4n) is 6.86. The van der Waals surface area contributed by atoms with Crippen molar-refractivity contribution < 1.29 is 23.9 Å². The second kappa shape index (κ2) is 15.3. The van der Waals surface area contributed by atoms with Crippen molar-refractivity contribution in [2.75, 3.05) is 76.2 Å². The second-order valence-electron chi connectivity index (χ2n) is 12.8. The van der Waals surface area contributed by atoms with E-state index in [2.05, 4.69) is 29.2 Å². The van der Waals surface area contributed by atoms with Gasteiger partial charge in [0, 0.05) is 57.4 Å². The van der Waals surface area contributed by atoms with E-state index in [-0.39, 0.29) is 52.1 Å². The van der Waals surface area contributed by atoms with Gasteiger partial charge in [-0.25, -0.2) is 9.78 Å². The maximum absolute atomic E-state index is 13.8. The van der Waals surface area contributed by atoms with Crippen LogP contribution in [0.4, 0.5) is 22.2 Å². The number of ether oxygens (including phenoxy) is 2. The molecule has 0 spiro atoms. The summed E-state index contributed by atoms with van der Waals surface area (Å²) in [7, 11) is 6.64. The average Bonchev–Trinajstić information content (AvgIpc) is 3.48. The summed E-state index contributed by atoms with van der Waals surface area (Å²) >= 11 is 13.3. The summed E-state index contributed by atoms with van der Waals surface area (Å²) in [5.41, 5.74) is 0.929. The predicted octanol–water partition coefficient (Wildman–Crippen LogP) is 4.75. The molecule has 4 heterocycles. The fourth-order valence-corrected chi connectivity index (χ4v) is 7.56. The topological polar surface area (TPSA) is 124 Å². The standard InChI is InChI=1S/C33H46Cl2N8O5/c1-7-8-9-12-42(20(2)44)24-19-41(31(45)21-10-13-39(3)14-11-21)18-23(24)37-32-36-16-22-17-43(33(46)40(4)30(22)38-32)29-27(34)25(47-5)15-26(48-6)28(29)35/h15-16,21,23-24H,7-14,17-19H2,1-6H3,(H,36,37,38). The number of hydrogen-bond donors (Lipinski definition) is 1. The smallest absolute Gasteiger partial charge is 0.330 e. The number of fused-ring (bicyclic) bond motifs is 1. The number of urea groups is 1. The lowest BCUT2D eigenvalue weighted by atomic mass is 9.96. The van der Waals surface area contributed by atoms with E-state index in [1.54, 1.807) is 26.2 Å². The summed E-state index contributed by atoms with van der Waals surface area (Å²) in [6.07, 6.45) is 6.24. The number of nitrogens with one attached hydrogen (secondary N) is 1. The molecule has 262 valence electrons. The van der Waals surface area contributed by atoms with Crippen LogP contribution in [0.2, 0.25) is 10.0 Å². The molecule has 3 aliphatic heterocycles. The van der Waals surface area contributed by atoms with Crippen molar-refractivity contribution in [1.29, 1.82) is 0 Å². The first-order valence-electron chi connectivity index (χ1n) is 16.5. The van der Waals surface area contributed by atoms with Crippen molar-refractivity contribution in [3.63, 3.8) is 0 Å². The zero-order valence-corrected chi connectivity index (χ0v) is 30.1. The number of aromatic nitrogens is 2. The molecule has 48 heavy (non-hydrogen) atoms. The largest absolute Gasteiger partial charge is 0.495 e. The molecule has 0 aliphatic carbocycles. The quantitative estimate of drug-likeness (QED) is 0.330. The summed E-state index contributed by atoms with van der Waals surface area (Å²) < 4.78 is 10.8. The number of carbonyl (C=O) groups excluding carboxylic acids is 3. The van der Waals surface area contributed by atoms with Gasteiger partial charge in [-0.1, -0.05) is 43.0 Å². The van der Waals surface area contributed by atoms with Crippen LogP contribution in [0.3, 0.4) is 0 Å². The third kappa shape index (κ3) is 7.23. The van der Waals surface area contributed by atoms with Gasteiger partial charge in [0.15, 0.2) is 0 Å². The van der Waals surface area contributed by atoms with E-state index in [9.17, 15) is 14.4 Å². The van der Waals surface area contributed by atoms with Crippen LogP contribution in [0.15, 0.2) is 12.3 Å². The van der Waals surface area contributed by atoms with E-state index in [1.807, 2.05) is 9.80 Å². The molecule has 2 saturated heterocycles. The Labute approximate surface area is 292 Å². The molecule has 13 nitrogen and oxygen atoms in total. The number of likely N-dealkylation sites (tertiary alicyclic amines) is 2. The van der Waals surface area contributed by atoms with Gasteiger partial charge in [-0.3, -0.25) is 19.4 Å². The Balaban J connectivity index is 1.41. The van der Waals surface area contributed by atoms with Crippen LogP contribution in [0.1, 0.15) is 51.5 Å². The third-order valence-corrected chi connectivity index (χ3v) is 10.3. The molecular formula is C33H46Cl2N8O5. The molecular weight excluding hydrogens is 659 g/mol. The minimum absolute atomic E-state index is 0.0272. The Morgan fingerprint density at radius 1 is 1.06 bits per heavy atom. The highest BCUT2D eigenvalue weighted by atomic mass is 35.5. The molecule has 0 radical (unpaired) electrons. The number of hydrogen-bond acceptors (Lipinski definition) is 9. The van der Waals surface area contributed by atoms with Crippen molar-refractivity contribution in [1.82, 2.24) is 24.7 Å². The first kappa shape index (κ1) is 35.7. The summed E-state index contributed by atoms with van der Waals surface area (Å²) in [5.74, 6) is 1.44. The molecule has 15 heteroatoms. The summed E-state index contributed by atoms with van der Waals surface area (Å²) in [6, 6.07) is 0.610. The van der Waals surface area contributed by atoms with Gasteiger partial charge in [-0.15, -0.1) is 0 Å². The highest BCUT2D eigenvalue weighted by Crippen LogP contribution is 2.47. The predicted molar refractivity (Wildman–Crippen MR) is 186 cm³/mol. The number of carbonyl (C=O) groups is 3. The number of benzene rings is 1. The first-order valence-corrected chi connectivity index (χ1v) is 17.3. The van der Waals surface area contributed by atoms with E-state index >= 15 is 0 Å². The molecule has 5 rings (SSSR count). The average molecular weight is 706 g/mol. The van der Waals surface area contributed by atoms with Crippen molar-refractivity contribution >= 4 is 58.5 Å². The van der Waals surface area contributed by atoms with Crippen molar-refractivity contribution in [2.24, 2.45) is 5.92 Å². The zero-order chi connectivity index (χ0) is 34.7. The van der Waals surface area contributed by atoms with Gasteiger partial charge in [0.25, 0.3) is 0 Å². The number of halogens is 2. The number of rotatable bonds is 11. The van der Waals surface area contributed by atoms with Crippen LogP contribution in [0.25, 0.3) is 0 Å². The Hall–Kier alpha value is -3.55. The van der Waals surface area contributed by atoms with E-state index in [0.717, 1.165) is 45.2 Å². The van der Waals surface area contributed by atoms with Crippen LogP contribution < -0.4 is 24.6 Å². The molecule has 3 aliphatic rings. The van der Waals surface area contributed by atoms with Crippen LogP contribution >= 0.6 is 23.2 Å². The van der Waals surface area contributed by atoms with E-state index in [0.29, 0.717) is 48.5 Å². The molecule has 0 bridgehead atoms. The lowest BCUT2D eigenvalue weighted by Gasteiger charge is -2.35. The molecule has 0 saturated carbocycles. The van der Waals surface area contributed by atoms with E-state index in [4.69, 9.17) is 37.7 Å². The van der Waals surface area contributed by atoms with Gasteiger partial charge in [-0.05, 0) is 39.4 Å². The van der Waals surface area contributed by atoms with Crippen LogP contribution in [-0.2, 0) is 16.1 Å². The molecule has 2 unspecified atom stereocenters. The first-order chi connectivity index (χ1) is 23.0. The number of amides is 4. The zero-order valence-electron chi connectivity index (χ0n) is 28.6. The summed E-state index contributed by atoms with van der Waals surface area (Å²) in [5, 5.41) is 3.79. The number of methoxy groups -OCH3 is 2. The minimum Gasteiger partial charge on any atom is -0.495 e. The molecule has 4 amide bonds. The Morgan fingerprint density at radius 2 is 1.73 bits per heavy atom. The van der Waals surface area contributed by atoms with Crippen molar-refractivity contribution in [2.45, 2.75) is 64.6 Å². The Morgan fingerprint density at radius 3 is 2.33 bits per heavy atom. The minimum atomic E-state index is -0.404. The van der Waals surface area contributed by atoms with Gasteiger partial charge in [0.2, 0.25) is 17.8 Å². The Bertz CT molecular complexity index is 1490.